The number of hydrogen-bond acceptors (Lipinski definition) is 4. The van der Waals surface area contributed by atoms with Gasteiger partial charge in [0.05, 0.1) is 13.5 Å². The van der Waals surface area contributed by atoms with Crippen LogP contribution in [0.3, 0.4) is 0 Å². The van der Waals surface area contributed by atoms with Crippen molar-refractivity contribution in [3.8, 4) is 0 Å². The van der Waals surface area contributed by atoms with Crippen LogP contribution in [-0.4, -0.2) is 56.8 Å². The highest BCUT2D eigenvalue weighted by Crippen LogP contribution is 2.10. The van der Waals surface area contributed by atoms with Crippen LogP contribution in [0.15, 0.2) is 0 Å². The maximum Gasteiger partial charge on any atom is 0.306 e. The van der Waals surface area contributed by atoms with Gasteiger partial charge in [-0.25, -0.2) is 0 Å². The van der Waals surface area contributed by atoms with Crippen LogP contribution in [0.1, 0.15) is 27.2 Å². The van der Waals surface area contributed by atoms with E-state index in [9.17, 15) is 13.2 Å². The van der Waals surface area contributed by atoms with Gasteiger partial charge in [0.15, 0.2) is 0 Å². The fourth-order valence-corrected chi connectivity index (χ4v) is 2.99. The SMILES string of the molecule is CCN(CC(C)C)S(=O)(=O)N(C)CCC(=O)OC. The van der Waals surface area contributed by atoms with Crippen molar-refractivity contribution in [2.75, 3.05) is 33.8 Å². The number of hydrogen-bond donors (Lipinski definition) is 0. The molecule has 0 amide bonds. The third-order valence-electron chi connectivity index (χ3n) is 2.50. The van der Waals surface area contributed by atoms with E-state index in [0.29, 0.717) is 13.1 Å². The Bertz CT molecular complexity index is 354. The molecule has 0 bridgehead atoms. The van der Waals surface area contributed by atoms with Gasteiger partial charge in [0.2, 0.25) is 0 Å². The smallest absolute Gasteiger partial charge is 0.306 e. The van der Waals surface area contributed by atoms with Crippen molar-refractivity contribution in [3.05, 3.63) is 0 Å². The lowest BCUT2D eigenvalue weighted by molar-refractivity contribution is -0.140. The molecule has 0 saturated carbocycles. The zero-order chi connectivity index (χ0) is 14.3. The molecular weight excluding hydrogens is 256 g/mol. The van der Waals surface area contributed by atoms with Crippen LogP contribution in [-0.2, 0) is 19.7 Å². The van der Waals surface area contributed by atoms with Crippen LogP contribution in [0.5, 0.6) is 0 Å². The molecule has 0 radical (unpaired) electrons. The van der Waals surface area contributed by atoms with Gasteiger partial charge in [-0.3, -0.25) is 4.79 Å². The molecular formula is C11H24N2O4S. The van der Waals surface area contributed by atoms with Crippen molar-refractivity contribution in [3.63, 3.8) is 0 Å². The molecule has 18 heavy (non-hydrogen) atoms. The molecule has 0 heterocycles. The molecule has 0 rings (SSSR count). The minimum atomic E-state index is -3.49. The number of methoxy groups -OCH3 is 1. The summed E-state index contributed by atoms with van der Waals surface area (Å²) in [5.74, 6) is -0.155. The first-order valence-electron chi connectivity index (χ1n) is 6.03. The Hall–Kier alpha value is -0.660. The van der Waals surface area contributed by atoms with Gasteiger partial charge in [-0.2, -0.15) is 17.0 Å². The summed E-state index contributed by atoms with van der Waals surface area (Å²) in [6.07, 6.45) is 0.0610. The number of carbonyl (C=O) groups excluding carboxylic acids is 1. The molecule has 0 aliphatic rings. The number of rotatable bonds is 8. The molecule has 0 N–H and O–H groups in total. The van der Waals surface area contributed by atoms with E-state index in [1.165, 1.54) is 22.8 Å². The second-order valence-corrected chi connectivity index (χ2v) is 6.54. The molecule has 0 spiro atoms. The van der Waals surface area contributed by atoms with E-state index in [1.807, 2.05) is 13.8 Å². The van der Waals surface area contributed by atoms with Crippen molar-refractivity contribution >= 4 is 16.2 Å². The van der Waals surface area contributed by atoms with E-state index in [-0.39, 0.29) is 18.9 Å². The monoisotopic (exact) mass is 280 g/mol. The molecule has 0 atom stereocenters. The third-order valence-corrected chi connectivity index (χ3v) is 4.53. The zero-order valence-corrected chi connectivity index (χ0v) is 12.7. The first-order chi connectivity index (χ1) is 8.25. The van der Waals surface area contributed by atoms with E-state index in [0.717, 1.165) is 0 Å². The van der Waals surface area contributed by atoms with E-state index in [4.69, 9.17) is 0 Å². The topological polar surface area (TPSA) is 66.9 Å². The molecule has 0 unspecified atom stereocenters. The van der Waals surface area contributed by atoms with Gasteiger partial charge >= 0.3 is 5.97 Å². The standard InChI is InChI=1S/C11H24N2O4S/c1-6-13(9-10(2)3)18(15,16)12(4)8-7-11(14)17-5/h10H,6-9H2,1-5H3. The summed E-state index contributed by atoms with van der Waals surface area (Å²) in [4.78, 5) is 11.0. The summed E-state index contributed by atoms with van der Waals surface area (Å²) >= 11 is 0. The molecule has 0 aromatic heterocycles. The molecule has 0 aromatic carbocycles. The fraction of sp³-hybridized carbons (Fsp3) is 0.909. The van der Waals surface area contributed by atoms with Crippen molar-refractivity contribution in [1.29, 1.82) is 0 Å². The third kappa shape index (κ3) is 5.32. The molecule has 0 aliphatic heterocycles. The maximum absolute atomic E-state index is 12.2. The summed E-state index contributed by atoms with van der Waals surface area (Å²) in [6.45, 7) is 6.75. The first kappa shape index (κ1) is 17.3. The van der Waals surface area contributed by atoms with Crippen LogP contribution < -0.4 is 0 Å². The van der Waals surface area contributed by atoms with Gasteiger partial charge in [0.25, 0.3) is 10.2 Å². The van der Waals surface area contributed by atoms with Crippen molar-refractivity contribution < 1.29 is 17.9 Å². The Morgan fingerprint density at radius 3 is 2.28 bits per heavy atom. The minimum Gasteiger partial charge on any atom is -0.469 e. The van der Waals surface area contributed by atoms with Crippen LogP contribution in [0, 0.1) is 5.92 Å². The molecule has 0 fully saturated rings. The molecule has 0 aromatic rings. The summed E-state index contributed by atoms with van der Waals surface area (Å²) in [5, 5.41) is 0. The Labute approximate surface area is 110 Å². The second-order valence-electron chi connectivity index (χ2n) is 4.50. The maximum atomic E-state index is 12.2. The Balaban J connectivity index is 4.62. The van der Waals surface area contributed by atoms with E-state index >= 15 is 0 Å². The summed E-state index contributed by atoms with van der Waals surface area (Å²) in [5.41, 5.74) is 0. The Morgan fingerprint density at radius 1 is 1.33 bits per heavy atom. The second kappa shape index (κ2) is 7.70. The van der Waals surface area contributed by atoms with Gasteiger partial charge in [-0.1, -0.05) is 20.8 Å². The average Bonchev–Trinajstić information content (AvgIpc) is 2.31. The summed E-state index contributed by atoms with van der Waals surface area (Å²) in [7, 11) is -0.732. The quantitative estimate of drug-likeness (QED) is 0.614. The van der Waals surface area contributed by atoms with E-state index in [1.54, 1.807) is 6.92 Å². The van der Waals surface area contributed by atoms with Crippen LogP contribution in [0.2, 0.25) is 0 Å². The van der Waals surface area contributed by atoms with Gasteiger partial charge < -0.3 is 4.74 Å². The highest BCUT2D eigenvalue weighted by atomic mass is 32.2. The Kier molecular flexibility index (Phi) is 7.42. The van der Waals surface area contributed by atoms with E-state index < -0.39 is 16.2 Å². The van der Waals surface area contributed by atoms with Crippen LogP contribution in [0.4, 0.5) is 0 Å². The van der Waals surface area contributed by atoms with Crippen molar-refractivity contribution in [1.82, 2.24) is 8.61 Å². The minimum absolute atomic E-state index is 0.0610. The predicted octanol–water partition coefficient (Wildman–Crippen LogP) is 0.704. The number of ether oxygens (including phenoxy) is 1. The lowest BCUT2D eigenvalue weighted by Crippen LogP contribution is -2.44. The summed E-state index contributed by atoms with van der Waals surface area (Å²) in [6, 6.07) is 0. The number of esters is 1. The van der Waals surface area contributed by atoms with E-state index in [2.05, 4.69) is 4.74 Å². The van der Waals surface area contributed by atoms with Gasteiger partial charge in [0, 0.05) is 26.7 Å². The number of nitrogens with zero attached hydrogens (tertiary/aromatic N) is 2. The normalized spacial score (nSPS) is 12.4. The largest absolute Gasteiger partial charge is 0.469 e. The van der Waals surface area contributed by atoms with Crippen molar-refractivity contribution in [2.24, 2.45) is 5.92 Å². The first-order valence-corrected chi connectivity index (χ1v) is 7.43. The lowest BCUT2D eigenvalue weighted by Gasteiger charge is -2.27. The van der Waals surface area contributed by atoms with Crippen molar-refractivity contribution in [2.45, 2.75) is 27.2 Å². The van der Waals surface area contributed by atoms with Gasteiger partial charge in [-0.05, 0) is 5.92 Å². The fourth-order valence-electron chi connectivity index (χ4n) is 1.46. The Morgan fingerprint density at radius 2 is 1.89 bits per heavy atom. The van der Waals surface area contributed by atoms with Crippen LogP contribution in [0.25, 0.3) is 0 Å². The molecule has 0 saturated heterocycles. The average molecular weight is 280 g/mol. The molecule has 6 nitrogen and oxygen atoms in total. The highest BCUT2D eigenvalue weighted by Gasteiger charge is 2.26. The van der Waals surface area contributed by atoms with Crippen LogP contribution >= 0.6 is 0 Å². The highest BCUT2D eigenvalue weighted by molar-refractivity contribution is 7.86. The number of carbonyl (C=O) groups is 1. The van der Waals surface area contributed by atoms with Gasteiger partial charge in [-0.15, -0.1) is 0 Å². The molecule has 7 heteroatoms. The lowest BCUT2D eigenvalue weighted by atomic mass is 10.2. The zero-order valence-electron chi connectivity index (χ0n) is 11.8. The summed E-state index contributed by atoms with van der Waals surface area (Å²) < 4.78 is 31.5. The molecule has 0 aliphatic carbocycles. The van der Waals surface area contributed by atoms with Gasteiger partial charge in [0.1, 0.15) is 0 Å². The predicted molar refractivity (Wildman–Crippen MR) is 70.3 cm³/mol. The molecule has 108 valence electrons.